The lowest BCUT2D eigenvalue weighted by atomic mass is 9.94. The number of ether oxygens (including phenoxy) is 1. The van der Waals surface area contributed by atoms with Crippen LogP contribution in [-0.4, -0.2) is 58.8 Å². The molecule has 8 nitrogen and oxygen atoms in total. The average molecular weight is 453 g/mol. The van der Waals surface area contributed by atoms with Crippen LogP contribution in [0.25, 0.3) is 0 Å². The van der Waals surface area contributed by atoms with Crippen LogP contribution >= 0.6 is 11.3 Å². The summed E-state index contributed by atoms with van der Waals surface area (Å²) in [5.41, 5.74) is 1.79. The minimum atomic E-state index is -0.329. The van der Waals surface area contributed by atoms with Gasteiger partial charge in [0.2, 0.25) is 0 Å². The summed E-state index contributed by atoms with van der Waals surface area (Å²) in [7, 11) is 0. The molecule has 1 aromatic carbocycles. The van der Waals surface area contributed by atoms with Gasteiger partial charge >= 0.3 is 0 Å². The van der Waals surface area contributed by atoms with Crippen LogP contribution in [-0.2, 0) is 11.2 Å². The second kappa shape index (κ2) is 6.78. The molecule has 1 saturated heterocycles. The molecule has 2 bridgehead atoms. The van der Waals surface area contributed by atoms with Crippen molar-refractivity contribution in [3.8, 4) is 5.75 Å². The quantitative estimate of drug-likeness (QED) is 0.753. The van der Waals surface area contributed by atoms with Gasteiger partial charge in [-0.15, -0.1) is 0 Å². The molecule has 32 heavy (non-hydrogen) atoms. The summed E-state index contributed by atoms with van der Waals surface area (Å²) in [6.07, 6.45) is 2.05. The van der Waals surface area contributed by atoms with Crippen molar-refractivity contribution in [2.75, 3.05) is 24.6 Å². The first-order valence-corrected chi connectivity index (χ1v) is 11.8. The van der Waals surface area contributed by atoms with Crippen LogP contribution in [0.15, 0.2) is 18.2 Å². The van der Waals surface area contributed by atoms with Crippen LogP contribution in [0.1, 0.15) is 52.4 Å². The average Bonchev–Trinajstić information content (AvgIpc) is 3.45. The van der Waals surface area contributed by atoms with Crippen LogP contribution < -0.4 is 15.0 Å². The van der Waals surface area contributed by atoms with Gasteiger partial charge in [-0.2, -0.15) is 0 Å². The van der Waals surface area contributed by atoms with Crippen LogP contribution in [0.2, 0.25) is 0 Å². The zero-order valence-electron chi connectivity index (χ0n) is 18.0. The zero-order valence-corrected chi connectivity index (χ0v) is 18.8. The predicted octanol–water partition coefficient (Wildman–Crippen LogP) is 2.54. The molecular weight excluding hydrogens is 428 g/mol. The first-order valence-electron chi connectivity index (χ1n) is 11.0. The third-order valence-corrected chi connectivity index (χ3v) is 7.88. The van der Waals surface area contributed by atoms with E-state index in [4.69, 9.17) is 9.72 Å². The number of hydrogen-bond acceptors (Lipinski definition) is 7. The molecule has 2 fully saturated rings. The molecular formula is C23H24N4O4S. The molecule has 1 saturated carbocycles. The Morgan fingerprint density at radius 1 is 1.31 bits per heavy atom. The summed E-state index contributed by atoms with van der Waals surface area (Å²) in [6, 6.07) is 5.14. The molecule has 3 aliphatic heterocycles. The van der Waals surface area contributed by atoms with Gasteiger partial charge in [0, 0.05) is 30.5 Å². The third-order valence-electron chi connectivity index (χ3n) is 6.76. The smallest absolute Gasteiger partial charge is 0.263 e. The normalized spacial score (nSPS) is 25.3. The van der Waals surface area contributed by atoms with E-state index in [1.165, 1.54) is 11.3 Å². The van der Waals surface area contributed by atoms with E-state index in [0.29, 0.717) is 54.6 Å². The van der Waals surface area contributed by atoms with Crippen molar-refractivity contribution in [3.63, 3.8) is 0 Å². The van der Waals surface area contributed by atoms with Crippen LogP contribution in [0.5, 0.6) is 5.75 Å². The molecule has 166 valence electrons. The van der Waals surface area contributed by atoms with Gasteiger partial charge < -0.3 is 19.9 Å². The monoisotopic (exact) mass is 452 g/mol. The van der Waals surface area contributed by atoms with Crippen molar-refractivity contribution < 1.29 is 19.1 Å². The molecule has 0 unspecified atom stereocenters. The molecule has 9 heteroatoms. The Kier molecular flexibility index (Phi) is 4.18. The molecule has 1 aliphatic carbocycles. The Morgan fingerprint density at radius 2 is 2.16 bits per heavy atom. The maximum absolute atomic E-state index is 13.2. The summed E-state index contributed by atoms with van der Waals surface area (Å²) in [5, 5.41) is 3.76. The van der Waals surface area contributed by atoms with Crippen LogP contribution in [0.4, 0.5) is 10.8 Å². The highest BCUT2D eigenvalue weighted by Crippen LogP contribution is 2.42. The lowest BCUT2D eigenvalue weighted by Gasteiger charge is -2.30. The molecule has 6 rings (SSSR count). The molecule has 2 atom stereocenters. The molecule has 0 spiro atoms. The number of Topliss-reactive ketones (excluding diaryl/α,β-unsaturated/α-hetero) is 1. The second-order valence-electron chi connectivity index (χ2n) is 9.72. The Hall–Kier alpha value is -2.94. The van der Waals surface area contributed by atoms with Crippen molar-refractivity contribution in [2.45, 2.75) is 44.7 Å². The number of likely N-dealkylation sites (tertiary alicyclic amines) is 1. The summed E-state index contributed by atoms with van der Waals surface area (Å²) in [4.78, 5) is 47.1. The summed E-state index contributed by atoms with van der Waals surface area (Å²) < 4.78 is 5.83. The minimum absolute atomic E-state index is 0.0915. The molecule has 1 aromatic heterocycles. The van der Waals surface area contributed by atoms with Gasteiger partial charge in [0.05, 0.1) is 24.0 Å². The number of piperidine rings is 1. The van der Waals surface area contributed by atoms with Crippen molar-refractivity contribution in [2.24, 2.45) is 5.92 Å². The minimum Gasteiger partial charge on any atom is -0.490 e. The number of nitrogens with one attached hydrogen (secondary N) is 1. The maximum Gasteiger partial charge on any atom is 0.263 e. The predicted molar refractivity (Wildman–Crippen MR) is 119 cm³/mol. The third kappa shape index (κ3) is 3.02. The van der Waals surface area contributed by atoms with Gasteiger partial charge in [-0.25, -0.2) is 4.98 Å². The first-order chi connectivity index (χ1) is 15.3. The maximum atomic E-state index is 13.2. The van der Waals surface area contributed by atoms with E-state index in [1.807, 2.05) is 30.9 Å². The largest absolute Gasteiger partial charge is 0.490 e. The number of rotatable bonds is 2. The van der Waals surface area contributed by atoms with E-state index >= 15 is 0 Å². The van der Waals surface area contributed by atoms with Crippen LogP contribution in [0, 0.1) is 5.92 Å². The second-order valence-corrected chi connectivity index (χ2v) is 10.7. The lowest BCUT2D eigenvalue weighted by Crippen LogP contribution is -2.48. The van der Waals surface area contributed by atoms with Crippen molar-refractivity contribution in [3.05, 3.63) is 34.3 Å². The Bertz CT molecular complexity index is 1170. The number of amides is 2. The van der Waals surface area contributed by atoms with E-state index in [1.54, 1.807) is 11.0 Å². The molecule has 4 aliphatic rings. The van der Waals surface area contributed by atoms with E-state index in [2.05, 4.69) is 5.32 Å². The highest BCUT2D eigenvalue weighted by atomic mass is 32.1. The fraction of sp³-hybridized carbons (Fsp3) is 0.478. The van der Waals surface area contributed by atoms with Crippen molar-refractivity contribution in [1.29, 1.82) is 0 Å². The number of anilines is 2. The number of hydrogen-bond donors (Lipinski definition) is 1. The summed E-state index contributed by atoms with van der Waals surface area (Å²) >= 11 is 1.37. The number of nitrogens with zero attached hydrogens (tertiary/aromatic N) is 3. The summed E-state index contributed by atoms with van der Waals surface area (Å²) in [5.74, 6) is 0.951. The topological polar surface area (TPSA) is 91.8 Å². The molecule has 4 heterocycles. The van der Waals surface area contributed by atoms with Gasteiger partial charge in [0.25, 0.3) is 11.8 Å². The number of aromatic nitrogens is 1. The van der Waals surface area contributed by atoms with Crippen molar-refractivity contribution >= 4 is 39.8 Å². The molecule has 0 radical (unpaired) electrons. The lowest BCUT2D eigenvalue weighted by molar-refractivity contribution is -0.122. The van der Waals surface area contributed by atoms with Gasteiger partial charge in [-0.1, -0.05) is 11.3 Å². The van der Waals surface area contributed by atoms with E-state index in [9.17, 15) is 14.4 Å². The zero-order chi connectivity index (χ0) is 22.2. The number of ketones is 1. The highest BCUT2D eigenvalue weighted by molar-refractivity contribution is 7.17. The Morgan fingerprint density at radius 3 is 2.94 bits per heavy atom. The molecule has 1 N–H and O–H groups in total. The van der Waals surface area contributed by atoms with Gasteiger partial charge in [-0.05, 0) is 44.4 Å². The van der Waals surface area contributed by atoms with Gasteiger partial charge in [-0.3, -0.25) is 14.4 Å². The number of benzene rings is 1. The van der Waals surface area contributed by atoms with E-state index in [0.717, 1.165) is 22.9 Å². The summed E-state index contributed by atoms with van der Waals surface area (Å²) in [6.45, 7) is 5.70. The number of carbonyl (C=O) groups is 3. The fourth-order valence-electron chi connectivity index (χ4n) is 5.32. The van der Waals surface area contributed by atoms with Crippen molar-refractivity contribution in [1.82, 2.24) is 15.2 Å². The standard InChI is InChI=1S/C23H24N4O4S/c1-23(2)10-14-19(20(29)25-23)32-22(24-14)26-5-6-31-18-4-3-13(9-16(18)26)21(30)27-11-12-7-15(27)17(28)8-12/h3-4,9,12,15H,5-8,10-11H2,1-2H3,(H,25,29)/t12-,15+/m0/s1. The van der Waals surface area contributed by atoms with Gasteiger partial charge in [0.15, 0.2) is 10.9 Å². The SMILES string of the molecule is CC1(C)Cc2nc(N3CCOc4ccc(C(=O)N5C[C@@H]6CC(=O)[C@H]5C6)cc43)sc2C(=O)N1. The molecule has 2 aromatic rings. The number of thiazole rings is 1. The fourth-order valence-corrected chi connectivity index (χ4v) is 6.33. The van der Waals surface area contributed by atoms with Crippen LogP contribution in [0.3, 0.4) is 0 Å². The van der Waals surface area contributed by atoms with E-state index in [-0.39, 0.29) is 29.2 Å². The molecule has 2 amide bonds. The van der Waals surface area contributed by atoms with E-state index < -0.39 is 0 Å². The first kappa shape index (κ1) is 19.7. The Balaban J connectivity index is 1.34. The number of fused-ring (bicyclic) bond motifs is 4. The van der Waals surface area contributed by atoms with Gasteiger partial charge in [0.1, 0.15) is 17.2 Å². The Labute approximate surface area is 189 Å². The highest BCUT2D eigenvalue weighted by Gasteiger charge is 2.46. The number of carbonyl (C=O) groups excluding carboxylic acids is 3.